The van der Waals surface area contributed by atoms with Gasteiger partial charge in [-0.05, 0) is 24.3 Å². The molecule has 0 fully saturated rings. The van der Waals surface area contributed by atoms with E-state index in [0.29, 0.717) is 43.1 Å². The van der Waals surface area contributed by atoms with Gasteiger partial charge in [0.1, 0.15) is 28.6 Å². The summed E-state index contributed by atoms with van der Waals surface area (Å²) in [5, 5.41) is 24.7. The first-order chi connectivity index (χ1) is 31.0. The first-order valence-corrected chi connectivity index (χ1v) is 19.6. The summed E-state index contributed by atoms with van der Waals surface area (Å²) < 4.78 is 27.9. The maximum absolute atomic E-state index is 14.6. The fourth-order valence-electron chi connectivity index (χ4n) is 8.05. The van der Waals surface area contributed by atoms with E-state index < -0.39 is 28.6 Å². The molecule has 8 rings (SSSR count). The average molecular weight is 859 g/mol. The molecule has 0 saturated heterocycles. The number of amides is 3. The number of carbonyl (C=O) groups excluding carboxylic acids is 4. The maximum Gasteiger partial charge on any atom is 0.341 e. The SMILES string of the molecule is COC(=O)c1cc(NC(=O)c2cc(NC(=O)c3cc(NC(=O)c4cc([N+](=O)[O-])c5ccccc5c4OC)c4ccccc4c3OC)c3ccccc3c2OC)c2ccccc2c1OC. The molecule has 0 aliphatic carbocycles. The number of hydrogen-bond donors (Lipinski definition) is 3. The predicted molar refractivity (Wildman–Crippen MR) is 244 cm³/mol. The van der Waals surface area contributed by atoms with Gasteiger partial charge in [-0.2, -0.15) is 0 Å². The largest absolute Gasteiger partial charge is 0.495 e. The lowest BCUT2D eigenvalue weighted by molar-refractivity contribution is -0.383. The van der Waals surface area contributed by atoms with E-state index >= 15 is 0 Å². The molecule has 0 aliphatic rings. The van der Waals surface area contributed by atoms with Crippen molar-refractivity contribution in [2.45, 2.75) is 0 Å². The molecule has 0 atom stereocenters. The second-order valence-electron chi connectivity index (χ2n) is 14.3. The Morgan fingerprint density at radius 2 is 0.703 bits per heavy atom. The van der Waals surface area contributed by atoms with Crippen LogP contribution in [0.2, 0.25) is 0 Å². The summed E-state index contributed by atoms with van der Waals surface area (Å²) in [5.74, 6) is -1.88. The number of carbonyl (C=O) groups is 4. The van der Waals surface area contributed by atoms with Crippen molar-refractivity contribution in [3.8, 4) is 23.0 Å². The zero-order valence-electron chi connectivity index (χ0n) is 35.0. The van der Waals surface area contributed by atoms with Crippen LogP contribution < -0.4 is 34.9 Å². The highest BCUT2D eigenvalue weighted by molar-refractivity contribution is 6.21. The van der Waals surface area contributed by atoms with Crippen molar-refractivity contribution in [2.24, 2.45) is 0 Å². The van der Waals surface area contributed by atoms with Crippen molar-refractivity contribution in [3.63, 3.8) is 0 Å². The molecule has 0 unspecified atom stereocenters. The van der Waals surface area contributed by atoms with E-state index in [9.17, 15) is 29.3 Å². The summed E-state index contributed by atoms with van der Waals surface area (Å²) >= 11 is 0. The van der Waals surface area contributed by atoms with Gasteiger partial charge in [-0.15, -0.1) is 0 Å². The van der Waals surface area contributed by atoms with E-state index in [0.717, 1.165) is 6.07 Å². The number of non-ortho nitro benzene ring substituents is 1. The van der Waals surface area contributed by atoms with Gasteiger partial charge in [-0.25, -0.2) is 4.79 Å². The molecule has 8 aromatic carbocycles. The molecule has 15 nitrogen and oxygen atoms in total. The van der Waals surface area contributed by atoms with E-state index in [2.05, 4.69) is 16.0 Å². The third-order valence-corrected chi connectivity index (χ3v) is 10.9. The lowest BCUT2D eigenvalue weighted by atomic mass is 9.99. The number of methoxy groups -OCH3 is 5. The van der Waals surface area contributed by atoms with Crippen molar-refractivity contribution < 1.29 is 47.8 Å². The number of anilines is 3. The van der Waals surface area contributed by atoms with Gasteiger partial charge in [0.2, 0.25) is 0 Å². The Morgan fingerprint density at radius 1 is 0.422 bits per heavy atom. The summed E-state index contributed by atoms with van der Waals surface area (Å²) in [5.41, 5.74) is 0.482. The van der Waals surface area contributed by atoms with Gasteiger partial charge in [0.15, 0.2) is 0 Å². The number of nitro groups is 1. The van der Waals surface area contributed by atoms with Crippen LogP contribution in [-0.4, -0.2) is 64.2 Å². The zero-order chi connectivity index (χ0) is 45.2. The first-order valence-electron chi connectivity index (χ1n) is 19.6. The summed E-state index contributed by atoms with van der Waals surface area (Å²) in [6.07, 6.45) is 0. The Morgan fingerprint density at radius 3 is 1.03 bits per heavy atom. The van der Waals surface area contributed by atoms with Crippen LogP contribution in [-0.2, 0) is 4.74 Å². The summed E-state index contributed by atoms with van der Waals surface area (Å²) in [7, 11) is 6.89. The molecule has 15 heteroatoms. The molecule has 0 radical (unpaired) electrons. The van der Waals surface area contributed by atoms with Crippen molar-refractivity contribution >= 4 is 89.5 Å². The number of benzene rings is 8. The number of rotatable bonds is 12. The number of hydrogen-bond acceptors (Lipinski definition) is 11. The van der Waals surface area contributed by atoms with E-state index in [1.54, 1.807) is 97.1 Å². The minimum atomic E-state index is -0.729. The molecule has 0 aromatic heterocycles. The van der Waals surface area contributed by atoms with Crippen molar-refractivity contribution in [1.82, 2.24) is 0 Å². The smallest absolute Gasteiger partial charge is 0.341 e. The fraction of sp³-hybridized carbons (Fsp3) is 0.102. The zero-order valence-corrected chi connectivity index (χ0v) is 35.0. The molecule has 0 saturated carbocycles. The topological polar surface area (TPSA) is 194 Å². The number of ether oxygens (including phenoxy) is 5. The molecule has 0 heterocycles. The Hall–Kier alpha value is -8.72. The Balaban J connectivity index is 1.21. The second kappa shape index (κ2) is 17.3. The fourth-order valence-corrected chi connectivity index (χ4v) is 8.05. The third kappa shape index (κ3) is 7.30. The highest BCUT2D eigenvalue weighted by atomic mass is 16.6. The Bertz CT molecular complexity index is 3260. The number of esters is 1. The summed E-state index contributed by atoms with van der Waals surface area (Å²) in [4.78, 5) is 67.7. The Labute approximate surface area is 364 Å². The third-order valence-electron chi connectivity index (χ3n) is 10.9. The van der Waals surface area contributed by atoms with Gasteiger partial charge in [-0.3, -0.25) is 24.5 Å². The second-order valence-corrected chi connectivity index (χ2v) is 14.3. The van der Waals surface area contributed by atoms with Crippen molar-refractivity contribution in [3.05, 3.63) is 154 Å². The van der Waals surface area contributed by atoms with E-state index in [4.69, 9.17) is 23.7 Å². The molecular weight excluding hydrogens is 821 g/mol. The quantitative estimate of drug-likeness (QED) is 0.0601. The average Bonchev–Trinajstić information content (AvgIpc) is 3.32. The molecule has 8 aromatic rings. The normalized spacial score (nSPS) is 11.0. The lowest BCUT2D eigenvalue weighted by Gasteiger charge is -2.19. The predicted octanol–water partition coefficient (Wildman–Crippen LogP) is 9.79. The van der Waals surface area contributed by atoms with Crippen LogP contribution >= 0.6 is 0 Å². The molecule has 0 spiro atoms. The van der Waals surface area contributed by atoms with Crippen molar-refractivity contribution in [2.75, 3.05) is 51.5 Å². The highest BCUT2D eigenvalue weighted by Crippen LogP contribution is 2.42. The summed E-state index contributed by atoms with van der Waals surface area (Å²) in [6.45, 7) is 0. The number of nitrogens with one attached hydrogen (secondary N) is 3. The van der Waals surface area contributed by atoms with Crippen LogP contribution in [0.5, 0.6) is 23.0 Å². The van der Waals surface area contributed by atoms with Crippen LogP contribution in [0, 0.1) is 10.1 Å². The first kappa shape index (κ1) is 42.0. The molecule has 320 valence electrons. The molecular formula is C49H38N4O11. The number of nitrogens with zero attached hydrogens (tertiary/aromatic N) is 1. The standard InChI is InChI=1S/C49H38N4O11/c1-60-42-31-19-11-7-15-27(31)39(51-48(56)36-25-41(53(58)59)29-17-9-13-21-33(29)44(36)62-3)23-34(42)46(54)50-38-22-35(43(61-2)30-18-10-6-14-26(30)38)47(55)52-40-24-37(49(57)64-5)45(63-4)32-20-12-8-16-28(32)40/h6-25H,1-5H3,(H,50,54)(H,51,56)(H,52,55). The van der Waals surface area contributed by atoms with Crippen LogP contribution in [0.1, 0.15) is 41.4 Å². The van der Waals surface area contributed by atoms with Crippen molar-refractivity contribution in [1.29, 1.82) is 0 Å². The lowest BCUT2D eigenvalue weighted by Crippen LogP contribution is -2.18. The van der Waals surface area contributed by atoms with Gasteiger partial charge in [-0.1, -0.05) is 91.0 Å². The van der Waals surface area contributed by atoms with Gasteiger partial charge in [0.25, 0.3) is 23.4 Å². The highest BCUT2D eigenvalue weighted by Gasteiger charge is 2.27. The van der Waals surface area contributed by atoms with E-state index in [1.807, 2.05) is 0 Å². The monoisotopic (exact) mass is 858 g/mol. The van der Waals surface area contributed by atoms with Gasteiger partial charge >= 0.3 is 5.97 Å². The van der Waals surface area contributed by atoms with Crippen LogP contribution in [0.4, 0.5) is 22.7 Å². The van der Waals surface area contributed by atoms with E-state index in [-0.39, 0.29) is 68.0 Å². The number of fused-ring (bicyclic) bond motifs is 4. The van der Waals surface area contributed by atoms with Crippen LogP contribution in [0.25, 0.3) is 43.1 Å². The summed E-state index contributed by atoms with van der Waals surface area (Å²) in [6, 6.07) is 33.2. The molecule has 3 amide bonds. The number of nitro benzene ring substituents is 1. The van der Waals surface area contributed by atoms with Gasteiger partial charge < -0.3 is 39.6 Å². The molecule has 3 N–H and O–H groups in total. The minimum absolute atomic E-state index is 0.0129. The minimum Gasteiger partial charge on any atom is -0.495 e. The molecule has 0 bridgehead atoms. The van der Waals surface area contributed by atoms with E-state index in [1.165, 1.54) is 53.7 Å². The maximum atomic E-state index is 14.6. The molecule has 0 aliphatic heterocycles. The van der Waals surface area contributed by atoms with Crippen LogP contribution in [0.15, 0.2) is 121 Å². The molecule has 64 heavy (non-hydrogen) atoms. The van der Waals surface area contributed by atoms with Gasteiger partial charge in [0.05, 0.1) is 68.2 Å². The van der Waals surface area contributed by atoms with Gasteiger partial charge in [0, 0.05) is 55.1 Å². The van der Waals surface area contributed by atoms with Crippen LogP contribution in [0.3, 0.4) is 0 Å². The Kier molecular flexibility index (Phi) is 11.4.